The highest BCUT2D eigenvalue weighted by molar-refractivity contribution is 5.92. The van der Waals surface area contributed by atoms with Crippen LogP contribution in [-0.2, 0) is 14.3 Å². The van der Waals surface area contributed by atoms with Crippen LogP contribution in [0.25, 0.3) is 0 Å². The van der Waals surface area contributed by atoms with Crippen LogP contribution < -0.4 is 10.6 Å². The molecule has 7 nitrogen and oxygen atoms in total. The van der Waals surface area contributed by atoms with Crippen molar-refractivity contribution in [3.63, 3.8) is 0 Å². The summed E-state index contributed by atoms with van der Waals surface area (Å²) in [5.41, 5.74) is 0.996. The molecule has 0 aliphatic carbocycles. The van der Waals surface area contributed by atoms with Crippen LogP contribution in [0.15, 0.2) is 36.9 Å². The number of rotatable bonds is 12. The summed E-state index contributed by atoms with van der Waals surface area (Å²) in [4.78, 5) is 41.5. The van der Waals surface area contributed by atoms with Gasteiger partial charge in [-0.3, -0.25) is 9.59 Å². The summed E-state index contributed by atoms with van der Waals surface area (Å²) in [6.07, 6.45) is 3.10. The van der Waals surface area contributed by atoms with E-state index in [9.17, 15) is 14.4 Å². The minimum Gasteiger partial charge on any atom is -0.444 e. The number of hydrogen-bond donors (Lipinski definition) is 2. The van der Waals surface area contributed by atoms with Crippen LogP contribution in [0.1, 0.15) is 84.9 Å². The third-order valence-electron chi connectivity index (χ3n) is 5.33. The van der Waals surface area contributed by atoms with Crippen LogP contribution in [-0.4, -0.2) is 47.0 Å². The molecule has 0 aliphatic rings. The lowest BCUT2D eigenvalue weighted by Crippen LogP contribution is -2.54. The van der Waals surface area contributed by atoms with Gasteiger partial charge in [-0.1, -0.05) is 63.1 Å². The number of alkyl carbamates (subject to hydrolysis) is 1. The first kappa shape index (κ1) is 30.2. The van der Waals surface area contributed by atoms with Crippen molar-refractivity contribution in [1.29, 1.82) is 0 Å². The number of hydrogen-bond acceptors (Lipinski definition) is 4. The number of aryl methyl sites for hydroxylation is 1. The summed E-state index contributed by atoms with van der Waals surface area (Å²) in [6.45, 7) is 19.2. The second-order valence-electron chi connectivity index (χ2n) is 10.6. The Bertz CT molecular complexity index is 860. The molecular formula is C28H45N3O4. The second-order valence-corrected chi connectivity index (χ2v) is 10.6. The molecule has 0 radical (unpaired) electrons. The smallest absolute Gasteiger partial charge is 0.408 e. The van der Waals surface area contributed by atoms with Crippen LogP contribution in [0.5, 0.6) is 0 Å². The van der Waals surface area contributed by atoms with E-state index in [4.69, 9.17) is 4.74 Å². The van der Waals surface area contributed by atoms with Gasteiger partial charge < -0.3 is 20.3 Å². The van der Waals surface area contributed by atoms with Gasteiger partial charge in [-0.05, 0) is 58.9 Å². The molecule has 1 aromatic rings. The van der Waals surface area contributed by atoms with Gasteiger partial charge in [0.05, 0.1) is 0 Å². The molecule has 0 saturated carbocycles. The molecule has 1 aromatic carbocycles. The summed E-state index contributed by atoms with van der Waals surface area (Å²) < 4.78 is 5.41. The maximum Gasteiger partial charge on any atom is 0.408 e. The van der Waals surface area contributed by atoms with Crippen molar-refractivity contribution in [2.45, 2.75) is 98.4 Å². The Labute approximate surface area is 211 Å². The summed E-state index contributed by atoms with van der Waals surface area (Å²) in [5.74, 6) is -0.484. The van der Waals surface area contributed by atoms with E-state index in [-0.39, 0.29) is 30.3 Å². The Morgan fingerprint density at radius 2 is 1.80 bits per heavy atom. The minimum atomic E-state index is -0.866. The van der Waals surface area contributed by atoms with Crippen LogP contribution in [0.2, 0.25) is 0 Å². The number of carbonyl (C=O) groups excluding carboxylic acids is 3. The monoisotopic (exact) mass is 487 g/mol. The largest absolute Gasteiger partial charge is 0.444 e. The molecule has 2 N–H and O–H groups in total. The number of carbonyl (C=O) groups is 3. The lowest BCUT2D eigenvalue weighted by molar-refractivity contribution is -0.142. The van der Waals surface area contributed by atoms with E-state index in [0.29, 0.717) is 12.0 Å². The topological polar surface area (TPSA) is 87.7 Å². The molecule has 0 spiro atoms. The molecule has 7 heteroatoms. The van der Waals surface area contributed by atoms with E-state index in [2.05, 4.69) is 24.1 Å². The molecule has 3 unspecified atom stereocenters. The molecular weight excluding hydrogens is 442 g/mol. The Hall–Kier alpha value is -2.83. The zero-order valence-corrected chi connectivity index (χ0v) is 22.8. The van der Waals surface area contributed by atoms with E-state index in [1.807, 2.05) is 52.0 Å². The molecule has 0 heterocycles. The Morgan fingerprint density at radius 3 is 2.31 bits per heavy atom. The highest BCUT2D eigenvalue weighted by Crippen LogP contribution is 2.25. The predicted molar refractivity (Wildman–Crippen MR) is 141 cm³/mol. The average Bonchev–Trinajstić information content (AvgIpc) is 2.71. The van der Waals surface area contributed by atoms with E-state index in [1.54, 1.807) is 26.8 Å². The summed E-state index contributed by atoms with van der Waals surface area (Å²) in [5, 5.41) is 5.81. The molecule has 0 aromatic heterocycles. The van der Waals surface area contributed by atoms with Gasteiger partial charge in [0.1, 0.15) is 17.7 Å². The lowest BCUT2D eigenvalue weighted by Gasteiger charge is -2.35. The van der Waals surface area contributed by atoms with Gasteiger partial charge >= 0.3 is 6.09 Å². The normalized spacial score (nSPS) is 14.0. The summed E-state index contributed by atoms with van der Waals surface area (Å²) >= 11 is 0. The fourth-order valence-corrected chi connectivity index (χ4v) is 3.94. The lowest BCUT2D eigenvalue weighted by atomic mass is 9.98. The molecule has 1 rings (SSSR count). The number of amides is 3. The fraction of sp³-hybridized carbons (Fsp3) is 0.607. The van der Waals surface area contributed by atoms with Gasteiger partial charge in [-0.2, -0.15) is 0 Å². The summed E-state index contributed by atoms with van der Waals surface area (Å²) in [6, 6.07) is 5.84. The Morgan fingerprint density at radius 1 is 1.14 bits per heavy atom. The first-order chi connectivity index (χ1) is 16.3. The molecule has 3 amide bonds. The van der Waals surface area contributed by atoms with E-state index in [0.717, 1.165) is 18.4 Å². The van der Waals surface area contributed by atoms with E-state index >= 15 is 0 Å². The molecule has 0 aliphatic heterocycles. The van der Waals surface area contributed by atoms with Gasteiger partial charge in [-0.15, -0.1) is 6.58 Å². The van der Waals surface area contributed by atoms with E-state index < -0.39 is 23.8 Å². The Kier molecular flexibility index (Phi) is 12.0. The molecule has 35 heavy (non-hydrogen) atoms. The van der Waals surface area contributed by atoms with Crippen molar-refractivity contribution < 1.29 is 19.1 Å². The first-order valence-electron chi connectivity index (χ1n) is 12.6. The molecule has 3 atom stereocenters. The van der Waals surface area contributed by atoms with Crippen LogP contribution >= 0.6 is 0 Å². The first-order valence-corrected chi connectivity index (χ1v) is 12.6. The molecule has 0 bridgehead atoms. The number of nitrogens with zero attached hydrogens (tertiary/aromatic N) is 1. The SMILES string of the molecule is C=CCN(C(=O)C(CC(C)C)NC(=O)OC(C)(C)C)C(C(=O)NC(C)CCC)c1cccc(C)c1. The zero-order valence-electron chi connectivity index (χ0n) is 22.8. The number of nitrogens with one attached hydrogen (secondary N) is 2. The van der Waals surface area contributed by atoms with Gasteiger partial charge in [-0.25, -0.2) is 4.79 Å². The molecule has 196 valence electrons. The van der Waals surface area contributed by atoms with Gasteiger partial charge in [0, 0.05) is 12.6 Å². The van der Waals surface area contributed by atoms with Crippen molar-refractivity contribution >= 4 is 17.9 Å². The number of ether oxygens (including phenoxy) is 1. The average molecular weight is 488 g/mol. The van der Waals surface area contributed by atoms with Crippen LogP contribution in [0.3, 0.4) is 0 Å². The maximum atomic E-state index is 13.9. The molecule has 0 saturated heterocycles. The summed E-state index contributed by atoms with van der Waals surface area (Å²) in [7, 11) is 0. The van der Waals surface area contributed by atoms with Crippen molar-refractivity contribution in [2.24, 2.45) is 5.92 Å². The highest BCUT2D eigenvalue weighted by atomic mass is 16.6. The van der Waals surface area contributed by atoms with Gasteiger partial charge in [0.2, 0.25) is 11.8 Å². The Balaban J connectivity index is 3.43. The van der Waals surface area contributed by atoms with Gasteiger partial charge in [0.25, 0.3) is 0 Å². The quantitative estimate of drug-likeness (QED) is 0.392. The zero-order chi connectivity index (χ0) is 26.8. The maximum absolute atomic E-state index is 13.9. The van der Waals surface area contributed by atoms with Crippen molar-refractivity contribution in [3.8, 4) is 0 Å². The fourth-order valence-electron chi connectivity index (χ4n) is 3.94. The van der Waals surface area contributed by atoms with Crippen molar-refractivity contribution in [2.75, 3.05) is 6.54 Å². The van der Waals surface area contributed by atoms with Crippen molar-refractivity contribution in [1.82, 2.24) is 15.5 Å². The van der Waals surface area contributed by atoms with Crippen LogP contribution in [0, 0.1) is 12.8 Å². The number of benzene rings is 1. The highest BCUT2D eigenvalue weighted by Gasteiger charge is 2.36. The minimum absolute atomic E-state index is 0.0353. The second kappa shape index (κ2) is 13.9. The molecule has 0 fully saturated rings. The van der Waals surface area contributed by atoms with Crippen molar-refractivity contribution in [3.05, 3.63) is 48.0 Å². The standard InChI is InChI=1S/C28H45N3O4/c1-10-13-21(6)29-25(32)24(22-15-12-14-20(5)18-22)31(16-11-2)26(33)23(17-19(3)4)30-27(34)35-28(7,8)9/h11-12,14-15,18-19,21,23-24H,2,10,13,16-17H2,1,3-9H3,(H,29,32)(H,30,34). The third-order valence-corrected chi connectivity index (χ3v) is 5.33. The van der Waals surface area contributed by atoms with E-state index in [1.165, 1.54) is 4.90 Å². The van der Waals surface area contributed by atoms with Crippen LogP contribution in [0.4, 0.5) is 4.79 Å². The van der Waals surface area contributed by atoms with Gasteiger partial charge in [0.15, 0.2) is 0 Å². The third kappa shape index (κ3) is 10.5. The predicted octanol–water partition coefficient (Wildman–Crippen LogP) is 5.29.